The van der Waals surface area contributed by atoms with E-state index in [2.05, 4.69) is 15.5 Å². The number of ether oxygens (including phenoxy) is 3. The summed E-state index contributed by atoms with van der Waals surface area (Å²) >= 11 is 0. The van der Waals surface area contributed by atoms with Crippen molar-refractivity contribution in [3.8, 4) is 40.2 Å². The van der Waals surface area contributed by atoms with Crippen LogP contribution in [0.2, 0.25) is 0 Å². The minimum Gasteiger partial charge on any atom is -0.497 e. The third-order valence-corrected chi connectivity index (χ3v) is 4.60. The first-order valence-electron chi connectivity index (χ1n) is 9.80. The maximum Gasteiger partial charge on any atom is 0.262 e. The van der Waals surface area contributed by atoms with Gasteiger partial charge >= 0.3 is 0 Å². The summed E-state index contributed by atoms with van der Waals surface area (Å²) in [5.41, 5.74) is 2.10. The van der Waals surface area contributed by atoms with Crippen molar-refractivity contribution in [2.24, 2.45) is 0 Å². The van der Waals surface area contributed by atoms with E-state index in [4.69, 9.17) is 18.6 Å². The van der Waals surface area contributed by atoms with Gasteiger partial charge in [0.2, 0.25) is 11.8 Å². The van der Waals surface area contributed by atoms with Crippen LogP contribution in [0.3, 0.4) is 0 Å². The van der Waals surface area contributed by atoms with Gasteiger partial charge in [-0.2, -0.15) is 0 Å². The normalized spacial score (nSPS) is 10.4. The Morgan fingerprint density at radius 1 is 0.844 bits per heavy atom. The number of carbonyl (C=O) groups is 1. The van der Waals surface area contributed by atoms with Crippen molar-refractivity contribution < 1.29 is 23.4 Å². The van der Waals surface area contributed by atoms with E-state index in [0.717, 1.165) is 11.1 Å². The lowest BCUT2D eigenvalue weighted by Gasteiger charge is -2.12. The Hall–Kier alpha value is -4.33. The van der Waals surface area contributed by atoms with Crippen molar-refractivity contribution in [1.29, 1.82) is 0 Å². The van der Waals surface area contributed by atoms with Crippen molar-refractivity contribution in [1.82, 2.24) is 10.2 Å². The summed E-state index contributed by atoms with van der Waals surface area (Å²) in [7, 11) is 3.08. The summed E-state index contributed by atoms with van der Waals surface area (Å²) in [5, 5.41) is 11.0. The molecule has 8 nitrogen and oxygen atoms in total. The van der Waals surface area contributed by atoms with E-state index in [1.165, 1.54) is 7.11 Å². The topological polar surface area (TPSA) is 95.7 Å². The van der Waals surface area contributed by atoms with Crippen LogP contribution in [0, 0.1) is 0 Å². The first-order chi connectivity index (χ1) is 15.7. The smallest absolute Gasteiger partial charge is 0.262 e. The zero-order valence-corrected chi connectivity index (χ0v) is 17.6. The predicted octanol–water partition coefficient (Wildman–Crippen LogP) is 4.44. The molecule has 0 saturated heterocycles. The number of benzene rings is 3. The second-order valence-corrected chi connectivity index (χ2v) is 6.71. The van der Waals surface area contributed by atoms with E-state index in [0.29, 0.717) is 34.7 Å². The van der Waals surface area contributed by atoms with Gasteiger partial charge in [0.1, 0.15) is 17.2 Å². The van der Waals surface area contributed by atoms with Crippen molar-refractivity contribution in [3.05, 3.63) is 72.8 Å². The number of anilines is 1. The second-order valence-electron chi connectivity index (χ2n) is 6.71. The van der Waals surface area contributed by atoms with E-state index in [9.17, 15) is 4.79 Å². The largest absolute Gasteiger partial charge is 0.497 e. The predicted molar refractivity (Wildman–Crippen MR) is 119 cm³/mol. The summed E-state index contributed by atoms with van der Waals surface area (Å²) in [6.45, 7) is -0.168. The molecule has 0 aliphatic rings. The van der Waals surface area contributed by atoms with Crippen LogP contribution in [0.5, 0.6) is 17.2 Å². The Morgan fingerprint density at radius 3 is 2.16 bits per heavy atom. The Balaban J connectivity index is 1.36. The van der Waals surface area contributed by atoms with Crippen LogP contribution < -0.4 is 19.5 Å². The van der Waals surface area contributed by atoms with E-state index < -0.39 is 0 Å². The number of nitrogens with one attached hydrogen (secondary N) is 1. The minimum absolute atomic E-state index is 0.168. The number of methoxy groups -OCH3 is 2. The first-order valence-corrected chi connectivity index (χ1v) is 9.80. The van der Waals surface area contributed by atoms with Crippen LogP contribution in [-0.4, -0.2) is 36.9 Å². The maximum absolute atomic E-state index is 12.3. The summed E-state index contributed by atoms with van der Waals surface area (Å²) in [6.07, 6.45) is 0. The van der Waals surface area contributed by atoms with E-state index >= 15 is 0 Å². The first kappa shape index (κ1) is 20.9. The third-order valence-electron chi connectivity index (χ3n) is 4.60. The van der Waals surface area contributed by atoms with Crippen LogP contribution in [0.4, 0.5) is 5.69 Å². The van der Waals surface area contributed by atoms with Gasteiger partial charge in [-0.25, -0.2) is 0 Å². The molecule has 32 heavy (non-hydrogen) atoms. The number of amides is 1. The van der Waals surface area contributed by atoms with Gasteiger partial charge in [-0.15, -0.1) is 10.2 Å². The molecule has 1 amide bonds. The van der Waals surface area contributed by atoms with Gasteiger partial charge in [0, 0.05) is 17.2 Å². The molecule has 0 aliphatic carbocycles. The molecule has 0 fully saturated rings. The van der Waals surface area contributed by atoms with E-state index in [-0.39, 0.29) is 12.5 Å². The number of hydrogen-bond acceptors (Lipinski definition) is 7. The number of nitrogens with zero attached hydrogens (tertiary/aromatic N) is 2. The lowest BCUT2D eigenvalue weighted by Crippen LogP contribution is -2.20. The quantitative estimate of drug-likeness (QED) is 0.441. The molecule has 0 bridgehead atoms. The number of rotatable bonds is 8. The fourth-order valence-electron chi connectivity index (χ4n) is 2.98. The average molecular weight is 431 g/mol. The van der Waals surface area contributed by atoms with Crippen LogP contribution in [0.1, 0.15) is 0 Å². The molecule has 4 rings (SSSR count). The molecule has 8 heteroatoms. The van der Waals surface area contributed by atoms with Gasteiger partial charge in [-0.3, -0.25) is 4.79 Å². The van der Waals surface area contributed by atoms with E-state index in [1.807, 2.05) is 30.3 Å². The molecule has 0 saturated carbocycles. The molecule has 1 heterocycles. The second kappa shape index (κ2) is 9.65. The van der Waals surface area contributed by atoms with Gasteiger partial charge in [-0.1, -0.05) is 18.2 Å². The van der Waals surface area contributed by atoms with Crippen LogP contribution in [-0.2, 0) is 4.79 Å². The summed E-state index contributed by atoms with van der Waals surface area (Å²) in [5.74, 6) is 2.19. The lowest BCUT2D eigenvalue weighted by molar-refractivity contribution is -0.118. The number of aromatic nitrogens is 2. The standard InChI is InChI=1S/C24H21N3O5/c1-29-19-12-13-21(30-2)20(14-19)25-22(28)15-31-18-10-8-17(9-11-18)24-27-26-23(32-24)16-6-4-3-5-7-16/h3-14H,15H2,1-2H3,(H,25,28). The van der Waals surface area contributed by atoms with Crippen molar-refractivity contribution in [2.45, 2.75) is 0 Å². The highest BCUT2D eigenvalue weighted by Gasteiger charge is 2.12. The zero-order valence-electron chi connectivity index (χ0n) is 17.6. The van der Waals surface area contributed by atoms with Crippen molar-refractivity contribution in [2.75, 3.05) is 26.1 Å². The average Bonchev–Trinajstić information content (AvgIpc) is 3.34. The van der Waals surface area contributed by atoms with Crippen LogP contribution in [0.15, 0.2) is 77.2 Å². The van der Waals surface area contributed by atoms with Gasteiger partial charge in [-0.05, 0) is 48.5 Å². The summed E-state index contributed by atoms with van der Waals surface area (Å²) in [6, 6.07) is 21.8. The van der Waals surface area contributed by atoms with Gasteiger partial charge in [0.25, 0.3) is 5.91 Å². The SMILES string of the molecule is COc1ccc(OC)c(NC(=O)COc2ccc(-c3nnc(-c4ccccc4)o3)cc2)c1. The lowest BCUT2D eigenvalue weighted by atomic mass is 10.2. The fraction of sp³-hybridized carbons (Fsp3) is 0.125. The molecule has 0 spiro atoms. The Bertz CT molecular complexity index is 1190. The molecule has 0 aliphatic heterocycles. The molecule has 1 aromatic heterocycles. The minimum atomic E-state index is -0.329. The van der Waals surface area contributed by atoms with Gasteiger partial charge < -0.3 is 23.9 Å². The van der Waals surface area contributed by atoms with Crippen LogP contribution >= 0.6 is 0 Å². The van der Waals surface area contributed by atoms with Gasteiger partial charge in [0.05, 0.1) is 19.9 Å². The highest BCUT2D eigenvalue weighted by Crippen LogP contribution is 2.29. The molecule has 1 N–H and O–H groups in total. The van der Waals surface area contributed by atoms with Gasteiger partial charge in [0.15, 0.2) is 6.61 Å². The Morgan fingerprint density at radius 2 is 1.50 bits per heavy atom. The Labute approximate surface area is 184 Å². The highest BCUT2D eigenvalue weighted by atomic mass is 16.5. The molecular formula is C24H21N3O5. The number of carbonyl (C=O) groups excluding carboxylic acids is 1. The Kier molecular flexibility index (Phi) is 6.31. The molecule has 3 aromatic carbocycles. The molecule has 0 unspecified atom stereocenters. The molecular weight excluding hydrogens is 410 g/mol. The molecule has 162 valence electrons. The molecule has 4 aromatic rings. The third kappa shape index (κ3) is 4.86. The molecule has 0 atom stereocenters. The van der Waals surface area contributed by atoms with E-state index in [1.54, 1.807) is 49.6 Å². The number of hydrogen-bond donors (Lipinski definition) is 1. The summed E-state index contributed by atoms with van der Waals surface area (Å²) < 4.78 is 21.8. The highest BCUT2D eigenvalue weighted by molar-refractivity contribution is 5.93. The zero-order chi connectivity index (χ0) is 22.3. The fourth-order valence-corrected chi connectivity index (χ4v) is 2.98. The maximum atomic E-state index is 12.3. The monoisotopic (exact) mass is 431 g/mol. The van der Waals surface area contributed by atoms with Crippen molar-refractivity contribution in [3.63, 3.8) is 0 Å². The summed E-state index contributed by atoms with van der Waals surface area (Å²) in [4.78, 5) is 12.3. The molecule has 0 radical (unpaired) electrons. The van der Waals surface area contributed by atoms with Crippen LogP contribution in [0.25, 0.3) is 22.9 Å². The van der Waals surface area contributed by atoms with Crippen molar-refractivity contribution >= 4 is 11.6 Å².